The van der Waals surface area contributed by atoms with Crippen LogP contribution in [0, 0.1) is 17.2 Å². The molecular weight excluding hydrogens is 240 g/mol. The monoisotopic (exact) mass is 260 g/mol. The molecule has 1 heterocycles. The van der Waals surface area contributed by atoms with Gasteiger partial charge in [-0.3, -0.25) is 0 Å². The maximum Gasteiger partial charge on any atom is 0.162 e. The predicted molar refractivity (Wildman–Crippen MR) is 72.1 cm³/mol. The molecule has 2 N–H and O–H groups in total. The van der Waals surface area contributed by atoms with Gasteiger partial charge in [0.2, 0.25) is 0 Å². The molecule has 1 aliphatic rings. The molecule has 102 valence electrons. The molecule has 5 heteroatoms. The van der Waals surface area contributed by atoms with Crippen molar-refractivity contribution in [1.82, 2.24) is 9.97 Å². The number of anilines is 1. The van der Waals surface area contributed by atoms with Crippen LogP contribution in [0.15, 0.2) is 6.20 Å². The molecule has 0 saturated heterocycles. The lowest BCUT2D eigenvalue weighted by atomic mass is 9.78. The predicted octanol–water partition coefficient (Wildman–Crippen LogP) is 2.37. The molecule has 1 aromatic heterocycles. The fraction of sp³-hybridized carbons (Fsp3) is 0.643. The zero-order valence-corrected chi connectivity index (χ0v) is 11.5. The van der Waals surface area contributed by atoms with Crippen LogP contribution in [0.25, 0.3) is 0 Å². The van der Waals surface area contributed by atoms with E-state index in [4.69, 9.17) is 15.7 Å². The Morgan fingerprint density at radius 2 is 2.42 bits per heavy atom. The number of nitrogens with two attached hydrogens (primary N) is 1. The highest BCUT2D eigenvalue weighted by Gasteiger charge is 2.40. The molecule has 1 saturated carbocycles. The highest BCUT2D eigenvalue weighted by atomic mass is 16.5. The SMILES string of the molecule is CCOC1(c2ncc(C#N)c(N)n2)CCCC(C)C1. The van der Waals surface area contributed by atoms with Gasteiger partial charge in [-0.2, -0.15) is 5.26 Å². The standard InChI is InChI=1S/C14H20N4O/c1-3-19-14(6-4-5-10(2)7-14)13-17-9-11(8-15)12(16)18-13/h9-10H,3-7H2,1-2H3,(H2,16,17,18). The summed E-state index contributed by atoms with van der Waals surface area (Å²) < 4.78 is 5.99. The first-order chi connectivity index (χ1) is 9.11. The Hall–Kier alpha value is -1.67. The maximum absolute atomic E-state index is 8.89. The van der Waals surface area contributed by atoms with E-state index in [9.17, 15) is 0 Å². The second kappa shape index (κ2) is 5.54. The fourth-order valence-electron chi connectivity index (χ4n) is 2.88. The van der Waals surface area contributed by atoms with Gasteiger partial charge in [0, 0.05) is 6.61 Å². The summed E-state index contributed by atoms with van der Waals surface area (Å²) in [5.74, 6) is 1.45. The average Bonchev–Trinajstić information content (AvgIpc) is 2.39. The van der Waals surface area contributed by atoms with Gasteiger partial charge in [-0.05, 0) is 32.1 Å². The quantitative estimate of drug-likeness (QED) is 0.901. The highest BCUT2D eigenvalue weighted by Crippen LogP contribution is 2.41. The zero-order valence-electron chi connectivity index (χ0n) is 11.5. The second-order valence-electron chi connectivity index (χ2n) is 5.23. The van der Waals surface area contributed by atoms with Crippen molar-refractivity contribution in [1.29, 1.82) is 5.26 Å². The Labute approximate surface area is 113 Å². The Bertz CT molecular complexity index is 493. The van der Waals surface area contributed by atoms with Crippen LogP contribution in [0.3, 0.4) is 0 Å². The summed E-state index contributed by atoms with van der Waals surface area (Å²) in [7, 11) is 0. The van der Waals surface area contributed by atoms with Gasteiger partial charge in [-0.15, -0.1) is 0 Å². The lowest BCUT2D eigenvalue weighted by Gasteiger charge is -2.38. The molecule has 5 nitrogen and oxygen atoms in total. The van der Waals surface area contributed by atoms with Crippen molar-refractivity contribution in [3.8, 4) is 6.07 Å². The molecule has 2 rings (SSSR count). The number of nitrogens with zero attached hydrogens (tertiary/aromatic N) is 3. The molecular formula is C14H20N4O. The highest BCUT2D eigenvalue weighted by molar-refractivity contribution is 5.46. The third kappa shape index (κ3) is 2.69. The first-order valence-electron chi connectivity index (χ1n) is 6.78. The molecule has 0 amide bonds. The number of aromatic nitrogens is 2. The van der Waals surface area contributed by atoms with Gasteiger partial charge in [0.1, 0.15) is 23.1 Å². The number of rotatable bonds is 3. The molecule has 2 atom stereocenters. The van der Waals surface area contributed by atoms with Crippen LogP contribution in [0.2, 0.25) is 0 Å². The first kappa shape index (κ1) is 13.8. The van der Waals surface area contributed by atoms with E-state index in [1.54, 1.807) is 0 Å². The van der Waals surface area contributed by atoms with E-state index in [-0.39, 0.29) is 5.82 Å². The molecule has 1 fully saturated rings. The summed E-state index contributed by atoms with van der Waals surface area (Å²) >= 11 is 0. The molecule has 1 aromatic rings. The molecule has 0 aromatic carbocycles. The molecule has 19 heavy (non-hydrogen) atoms. The van der Waals surface area contributed by atoms with Gasteiger partial charge in [0.15, 0.2) is 5.82 Å². The Kier molecular flexibility index (Phi) is 4.01. The zero-order chi connectivity index (χ0) is 13.9. The minimum absolute atomic E-state index is 0.241. The van der Waals surface area contributed by atoms with E-state index < -0.39 is 5.60 Å². The molecule has 0 aliphatic heterocycles. The van der Waals surface area contributed by atoms with Gasteiger partial charge in [0.25, 0.3) is 0 Å². The van der Waals surface area contributed by atoms with Crippen LogP contribution >= 0.6 is 0 Å². The first-order valence-corrected chi connectivity index (χ1v) is 6.78. The fourth-order valence-corrected chi connectivity index (χ4v) is 2.88. The molecule has 0 bridgehead atoms. The van der Waals surface area contributed by atoms with Gasteiger partial charge in [-0.1, -0.05) is 13.3 Å². The third-order valence-electron chi connectivity index (χ3n) is 3.72. The number of ether oxygens (including phenoxy) is 1. The average molecular weight is 260 g/mol. The van der Waals surface area contributed by atoms with Crippen molar-refractivity contribution in [2.45, 2.75) is 45.1 Å². The molecule has 2 unspecified atom stereocenters. The summed E-state index contributed by atoms with van der Waals surface area (Å²) in [5.41, 5.74) is 5.68. The van der Waals surface area contributed by atoms with Crippen molar-refractivity contribution in [2.75, 3.05) is 12.3 Å². The normalized spacial score (nSPS) is 26.9. The van der Waals surface area contributed by atoms with Crippen LogP contribution in [0.5, 0.6) is 0 Å². The summed E-state index contributed by atoms with van der Waals surface area (Å²) in [4.78, 5) is 8.63. The molecule has 1 aliphatic carbocycles. The van der Waals surface area contributed by atoms with E-state index in [1.165, 1.54) is 12.6 Å². The lowest BCUT2D eigenvalue weighted by molar-refractivity contribution is -0.0880. The van der Waals surface area contributed by atoms with Crippen molar-refractivity contribution < 1.29 is 4.74 Å². The van der Waals surface area contributed by atoms with Crippen LogP contribution in [0.4, 0.5) is 5.82 Å². The third-order valence-corrected chi connectivity index (χ3v) is 3.72. The summed E-state index contributed by atoms with van der Waals surface area (Å²) in [6.45, 7) is 4.82. The van der Waals surface area contributed by atoms with E-state index in [1.807, 2.05) is 13.0 Å². The Morgan fingerprint density at radius 1 is 1.63 bits per heavy atom. The van der Waals surface area contributed by atoms with Crippen molar-refractivity contribution in [3.63, 3.8) is 0 Å². The Morgan fingerprint density at radius 3 is 3.00 bits per heavy atom. The summed E-state index contributed by atoms with van der Waals surface area (Å²) in [5, 5.41) is 8.89. The minimum Gasteiger partial charge on any atom is -0.382 e. The van der Waals surface area contributed by atoms with Gasteiger partial charge >= 0.3 is 0 Å². The van der Waals surface area contributed by atoms with E-state index >= 15 is 0 Å². The number of hydrogen-bond donors (Lipinski definition) is 1. The smallest absolute Gasteiger partial charge is 0.162 e. The minimum atomic E-state index is -0.436. The van der Waals surface area contributed by atoms with Crippen molar-refractivity contribution in [3.05, 3.63) is 17.6 Å². The largest absolute Gasteiger partial charge is 0.382 e. The van der Waals surface area contributed by atoms with Crippen LogP contribution < -0.4 is 5.73 Å². The number of hydrogen-bond acceptors (Lipinski definition) is 5. The van der Waals surface area contributed by atoms with E-state index in [2.05, 4.69) is 16.9 Å². The summed E-state index contributed by atoms with van der Waals surface area (Å²) in [6.07, 6.45) is 5.63. The van der Waals surface area contributed by atoms with Crippen molar-refractivity contribution >= 4 is 5.82 Å². The van der Waals surface area contributed by atoms with Crippen molar-refractivity contribution in [2.24, 2.45) is 5.92 Å². The van der Waals surface area contributed by atoms with Gasteiger partial charge < -0.3 is 10.5 Å². The van der Waals surface area contributed by atoms with Crippen LogP contribution in [-0.4, -0.2) is 16.6 Å². The van der Waals surface area contributed by atoms with E-state index in [0.717, 1.165) is 19.3 Å². The summed E-state index contributed by atoms with van der Waals surface area (Å²) in [6, 6.07) is 1.99. The van der Waals surface area contributed by atoms with Gasteiger partial charge in [-0.25, -0.2) is 9.97 Å². The topological polar surface area (TPSA) is 84.8 Å². The van der Waals surface area contributed by atoms with Crippen LogP contribution in [-0.2, 0) is 10.3 Å². The lowest BCUT2D eigenvalue weighted by Crippen LogP contribution is -2.37. The van der Waals surface area contributed by atoms with E-state index in [0.29, 0.717) is 23.9 Å². The molecule has 0 spiro atoms. The maximum atomic E-state index is 8.89. The van der Waals surface area contributed by atoms with Gasteiger partial charge in [0.05, 0.1) is 6.20 Å². The molecule has 0 radical (unpaired) electrons. The Balaban J connectivity index is 2.39. The van der Waals surface area contributed by atoms with Crippen LogP contribution in [0.1, 0.15) is 50.9 Å². The second-order valence-corrected chi connectivity index (χ2v) is 5.23. The number of nitriles is 1. The number of nitrogen functional groups attached to an aromatic ring is 1.